The molecule has 0 saturated carbocycles. The predicted molar refractivity (Wildman–Crippen MR) is 59.4 cm³/mol. The minimum absolute atomic E-state index is 1.02. The highest BCUT2D eigenvalue weighted by molar-refractivity contribution is 5.25. The summed E-state index contributed by atoms with van der Waals surface area (Å²) >= 11 is 0. The summed E-state index contributed by atoms with van der Waals surface area (Å²) in [7, 11) is 2.09. The van der Waals surface area contributed by atoms with Gasteiger partial charge >= 0.3 is 0 Å². The zero-order valence-electron chi connectivity index (χ0n) is 8.70. The lowest BCUT2D eigenvalue weighted by Crippen LogP contribution is -1.95. The molecule has 0 atom stereocenters. The van der Waals surface area contributed by atoms with Crippen LogP contribution in [0.15, 0.2) is 42.6 Å². The Morgan fingerprint density at radius 2 is 1.79 bits per heavy atom. The van der Waals surface area contributed by atoms with Gasteiger partial charge in [-0.3, -0.25) is 0 Å². The zero-order chi connectivity index (χ0) is 9.97. The number of nitrogens with zero attached hydrogens (tertiary/aromatic N) is 1. The maximum atomic E-state index is 2.20. The van der Waals surface area contributed by atoms with Crippen LogP contribution in [0.4, 0.5) is 0 Å². The summed E-state index contributed by atoms with van der Waals surface area (Å²) in [5, 5.41) is 0. The molecule has 14 heavy (non-hydrogen) atoms. The Kier molecular flexibility index (Phi) is 2.40. The Balaban J connectivity index is 2.19. The normalized spacial score (nSPS) is 10.4. The molecule has 0 spiro atoms. The molecule has 1 heteroatoms. The Morgan fingerprint density at radius 3 is 2.36 bits per heavy atom. The monoisotopic (exact) mass is 185 g/mol. The number of hydrogen-bond acceptors (Lipinski definition) is 0. The molecule has 2 aromatic rings. The molecular formula is C13H15N. The van der Waals surface area contributed by atoms with Crippen molar-refractivity contribution >= 4 is 0 Å². The Labute approximate surface area is 85.0 Å². The molecule has 0 aliphatic heterocycles. The minimum atomic E-state index is 1.02. The molecule has 0 amide bonds. The van der Waals surface area contributed by atoms with E-state index in [2.05, 4.69) is 61.1 Å². The van der Waals surface area contributed by atoms with E-state index in [0.29, 0.717) is 0 Å². The highest BCUT2D eigenvalue weighted by atomic mass is 14.9. The molecule has 1 aromatic carbocycles. The van der Waals surface area contributed by atoms with Crippen molar-refractivity contribution in [2.75, 3.05) is 0 Å². The molecule has 1 nitrogen and oxygen atoms in total. The van der Waals surface area contributed by atoms with Crippen LogP contribution in [0.25, 0.3) is 0 Å². The number of benzene rings is 1. The standard InChI is InChI=1S/C13H15N/c1-11-5-7-12(8-6-11)10-13-4-3-9-14(13)2/h3-9H,10H2,1-2H3. The van der Waals surface area contributed by atoms with E-state index >= 15 is 0 Å². The molecule has 0 radical (unpaired) electrons. The number of aryl methyl sites for hydroxylation is 2. The molecule has 1 heterocycles. The van der Waals surface area contributed by atoms with Gasteiger partial charge in [0.2, 0.25) is 0 Å². The molecule has 2 rings (SSSR count). The second kappa shape index (κ2) is 3.70. The fraction of sp³-hybridized carbons (Fsp3) is 0.231. The van der Waals surface area contributed by atoms with Gasteiger partial charge in [0.05, 0.1) is 0 Å². The van der Waals surface area contributed by atoms with Gasteiger partial charge in [0.1, 0.15) is 0 Å². The van der Waals surface area contributed by atoms with Crippen molar-refractivity contribution < 1.29 is 0 Å². The van der Waals surface area contributed by atoms with Crippen molar-refractivity contribution in [1.29, 1.82) is 0 Å². The van der Waals surface area contributed by atoms with Crippen LogP contribution in [0.5, 0.6) is 0 Å². The van der Waals surface area contributed by atoms with Crippen molar-refractivity contribution in [2.45, 2.75) is 13.3 Å². The number of hydrogen-bond donors (Lipinski definition) is 0. The van der Waals surface area contributed by atoms with E-state index in [4.69, 9.17) is 0 Å². The van der Waals surface area contributed by atoms with Crippen LogP contribution in [-0.4, -0.2) is 4.57 Å². The Morgan fingerprint density at radius 1 is 1.07 bits per heavy atom. The van der Waals surface area contributed by atoms with Gasteiger partial charge in [-0.15, -0.1) is 0 Å². The summed E-state index contributed by atoms with van der Waals surface area (Å²) in [6.45, 7) is 2.12. The first kappa shape index (κ1) is 9.07. The average Bonchev–Trinajstić information content (AvgIpc) is 2.56. The Hall–Kier alpha value is -1.50. The third-order valence-electron chi connectivity index (χ3n) is 2.56. The third kappa shape index (κ3) is 1.87. The van der Waals surface area contributed by atoms with Crippen LogP contribution in [0, 0.1) is 6.92 Å². The van der Waals surface area contributed by atoms with Crippen molar-refractivity contribution in [3.8, 4) is 0 Å². The lowest BCUT2D eigenvalue weighted by molar-refractivity contribution is 0.850. The van der Waals surface area contributed by atoms with E-state index < -0.39 is 0 Å². The van der Waals surface area contributed by atoms with Crippen LogP contribution in [0.1, 0.15) is 16.8 Å². The molecule has 0 aliphatic rings. The summed E-state index contributed by atoms with van der Waals surface area (Å²) in [5.41, 5.74) is 4.05. The van der Waals surface area contributed by atoms with Crippen molar-refractivity contribution in [2.24, 2.45) is 7.05 Å². The van der Waals surface area contributed by atoms with Crippen LogP contribution in [-0.2, 0) is 13.5 Å². The maximum Gasteiger partial charge on any atom is 0.0215 e. The summed E-state index contributed by atoms with van der Waals surface area (Å²) < 4.78 is 2.17. The predicted octanol–water partition coefficient (Wildman–Crippen LogP) is 2.92. The quantitative estimate of drug-likeness (QED) is 0.678. The van der Waals surface area contributed by atoms with Gasteiger partial charge in [0, 0.05) is 25.4 Å². The second-order valence-corrected chi connectivity index (χ2v) is 3.77. The highest BCUT2D eigenvalue weighted by Crippen LogP contribution is 2.10. The lowest BCUT2D eigenvalue weighted by atomic mass is 10.1. The van der Waals surface area contributed by atoms with Crippen molar-refractivity contribution in [1.82, 2.24) is 4.57 Å². The van der Waals surface area contributed by atoms with Crippen molar-refractivity contribution in [3.05, 3.63) is 59.4 Å². The van der Waals surface area contributed by atoms with Gasteiger partial charge in [0.15, 0.2) is 0 Å². The smallest absolute Gasteiger partial charge is 0.0215 e. The first-order chi connectivity index (χ1) is 6.75. The largest absolute Gasteiger partial charge is 0.354 e. The van der Waals surface area contributed by atoms with Crippen LogP contribution >= 0.6 is 0 Å². The fourth-order valence-corrected chi connectivity index (χ4v) is 1.60. The molecule has 0 aliphatic carbocycles. The molecular weight excluding hydrogens is 170 g/mol. The molecule has 72 valence electrons. The van der Waals surface area contributed by atoms with E-state index in [1.54, 1.807) is 0 Å². The van der Waals surface area contributed by atoms with Gasteiger partial charge in [-0.25, -0.2) is 0 Å². The minimum Gasteiger partial charge on any atom is -0.354 e. The molecule has 0 fully saturated rings. The number of aromatic nitrogens is 1. The maximum absolute atomic E-state index is 2.20. The summed E-state index contributed by atoms with van der Waals surface area (Å²) in [6, 6.07) is 13.0. The summed E-state index contributed by atoms with van der Waals surface area (Å²) in [4.78, 5) is 0. The summed E-state index contributed by atoms with van der Waals surface area (Å²) in [5.74, 6) is 0. The Bertz CT molecular complexity index is 409. The van der Waals surface area contributed by atoms with Gasteiger partial charge in [-0.05, 0) is 24.6 Å². The van der Waals surface area contributed by atoms with E-state index in [0.717, 1.165) is 6.42 Å². The molecule has 0 unspecified atom stereocenters. The molecule has 1 aromatic heterocycles. The van der Waals surface area contributed by atoms with Crippen LogP contribution < -0.4 is 0 Å². The first-order valence-electron chi connectivity index (χ1n) is 4.91. The van der Waals surface area contributed by atoms with E-state index in [1.807, 2.05) is 0 Å². The summed E-state index contributed by atoms with van der Waals surface area (Å²) in [6.07, 6.45) is 3.10. The average molecular weight is 185 g/mol. The highest BCUT2D eigenvalue weighted by Gasteiger charge is 1.98. The van der Waals surface area contributed by atoms with E-state index in [9.17, 15) is 0 Å². The first-order valence-corrected chi connectivity index (χ1v) is 4.91. The van der Waals surface area contributed by atoms with E-state index in [1.165, 1.54) is 16.8 Å². The van der Waals surface area contributed by atoms with Gasteiger partial charge in [0.25, 0.3) is 0 Å². The molecule has 0 bridgehead atoms. The van der Waals surface area contributed by atoms with Gasteiger partial charge in [-0.1, -0.05) is 29.8 Å². The van der Waals surface area contributed by atoms with E-state index in [-0.39, 0.29) is 0 Å². The van der Waals surface area contributed by atoms with Gasteiger partial charge < -0.3 is 4.57 Å². The van der Waals surface area contributed by atoms with Crippen LogP contribution in [0.2, 0.25) is 0 Å². The fourth-order valence-electron chi connectivity index (χ4n) is 1.60. The lowest BCUT2D eigenvalue weighted by Gasteiger charge is -2.03. The number of rotatable bonds is 2. The molecule has 0 N–H and O–H groups in total. The third-order valence-corrected chi connectivity index (χ3v) is 2.56. The second-order valence-electron chi connectivity index (χ2n) is 3.77. The van der Waals surface area contributed by atoms with Crippen LogP contribution in [0.3, 0.4) is 0 Å². The topological polar surface area (TPSA) is 4.93 Å². The van der Waals surface area contributed by atoms with Gasteiger partial charge in [-0.2, -0.15) is 0 Å². The zero-order valence-corrected chi connectivity index (χ0v) is 8.70. The molecule has 0 saturated heterocycles. The van der Waals surface area contributed by atoms with Crippen molar-refractivity contribution in [3.63, 3.8) is 0 Å². The SMILES string of the molecule is Cc1ccc(Cc2cccn2C)cc1.